The summed E-state index contributed by atoms with van der Waals surface area (Å²) in [7, 11) is 0. The lowest BCUT2D eigenvalue weighted by molar-refractivity contribution is -0.155. The number of nitrogens with two attached hydrogens (primary N) is 1. The van der Waals surface area contributed by atoms with Gasteiger partial charge in [-0.15, -0.1) is 0 Å². The van der Waals surface area contributed by atoms with Crippen LogP contribution in [0.15, 0.2) is 24.3 Å². The van der Waals surface area contributed by atoms with Crippen molar-refractivity contribution in [3.8, 4) is 0 Å². The van der Waals surface area contributed by atoms with Gasteiger partial charge in [0.25, 0.3) is 0 Å². The third kappa shape index (κ3) is 3.50. The fourth-order valence-corrected chi connectivity index (χ4v) is 1.42. The third-order valence-electron chi connectivity index (χ3n) is 2.47. The molecule has 0 aliphatic rings. The van der Waals surface area contributed by atoms with E-state index in [1.165, 1.54) is 0 Å². The number of aryl methyl sites for hydroxylation is 1. The van der Waals surface area contributed by atoms with E-state index in [1.807, 2.05) is 19.1 Å². The van der Waals surface area contributed by atoms with E-state index in [9.17, 15) is 13.2 Å². The summed E-state index contributed by atoms with van der Waals surface area (Å²) in [4.78, 5) is 0. The minimum Gasteiger partial charge on any atom is -0.271 e. The number of halogens is 3. The highest BCUT2D eigenvalue weighted by molar-refractivity contribution is 5.23. The maximum atomic E-state index is 12.4. The SMILES string of the molecule is CCc1ccc(CC(NN)C(F)(F)F)cc1. The van der Waals surface area contributed by atoms with Crippen molar-refractivity contribution in [3.63, 3.8) is 0 Å². The predicted molar refractivity (Wildman–Crippen MR) is 56.7 cm³/mol. The van der Waals surface area contributed by atoms with Gasteiger partial charge in [0.1, 0.15) is 6.04 Å². The first-order valence-electron chi connectivity index (χ1n) is 5.08. The Balaban J connectivity index is 2.71. The zero-order valence-electron chi connectivity index (χ0n) is 9.01. The lowest BCUT2D eigenvalue weighted by Crippen LogP contribution is -2.47. The number of hydrogen-bond donors (Lipinski definition) is 2. The second-order valence-electron chi connectivity index (χ2n) is 3.64. The summed E-state index contributed by atoms with van der Waals surface area (Å²) in [5.41, 5.74) is 3.52. The van der Waals surface area contributed by atoms with Crippen molar-refractivity contribution in [2.24, 2.45) is 5.84 Å². The molecule has 0 saturated heterocycles. The minimum absolute atomic E-state index is 0.149. The summed E-state index contributed by atoms with van der Waals surface area (Å²) in [6, 6.07) is 5.38. The van der Waals surface area contributed by atoms with Crippen molar-refractivity contribution in [1.29, 1.82) is 0 Å². The molecular formula is C11H15F3N2. The molecule has 0 amide bonds. The topological polar surface area (TPSA) is 38.0 Å². The van der Waals surface area contributed by atoms with E-state index in [4.69, 9.17) is 5.84 Å². The zero-order chi connectivity index (χ0) is 12.2. The van der Waals surface area contributed by atoms with Gasteiger partial charge in [0.15, 0.2) is 0 Å². The first-order chi connectivity index (χ1) is 7.47. The van der Waals surface area contributed by atoms with E-state index in [2.05, 4.69) is 0 Å². The summed E-state index contributed by atoms with van der Waals surface area (Å²) < 4.78 is 37.2. The van der Waals surface area contributed by atoms with Crippen LogP contribution in [0.5, 0.6) is 0 Å². The molecule has 0 heterocycles. The van der Waals surface area contributed by atoms with Gasteiger partial charge in [-0.2, -0.15) is 13.2 Å². The van der Waals surface area contributed by atoms with Crippen molar-refractivity contribution < 1.29 is 13.2 Å². The Morgan fingerprint density at radius 2 is 1.69 bits per heavy atom. The molecule has 0 aliphatic carbocycles. The van der Waals surface area contributed by atoms with E-state index in [1.54, 1.807) is 17.6 Å². The molecule has 90 valence electrons. The summed E-state index contributed by atoms with van der Waals surface area (Å²) >= 11 is 0. The molecule has 0 saturated carbocycles. The van der Waals surface area contributed by atoms with Gasteiger partial charge in [-0.3, -0.25) is 5.84 Å². The number of alkyl halides is 3. The molecule has 1 aromatic rings. The number of benzene rings is 1. The molecule has 3 N–H and O–H groups in total. The average Bonchev–Trinajstić information content (AvgIpc) is 2.25. The highest BCUT2D eigenvalue weighted by atomic mass is 19.4. The largest absolute Gasteiger partial charge is 0.405 e. The molecule has 0 bridgehead atoms. The Hall–Kier alpha value is -1.07. The Morgan fingerprint density at radius 3 is 2.06 bits per heavy atom. The molecule has 1 rings (SSSR count). The molecule has 16 heavy (non-hydrogen) atoms. The van der Waals surface area contributed by atoms with E-state index in [0.717, 1.165) is 12.0 Å². The van der Waals surface area contributed by atoms with Crippen LogP contribution >= 0.6 is 0 Å². The average molecular weight is 232 g/mol. The lowest BCUT2D eigenvalue weighted by Gasteiger charge is -2.19. The van der Waals surface area contributed by atoms with Crippen LogP contribution in [0.2, 0.25) is 0 Å². The minimum atomic E-state index is -4.32. The third-order valence-corrected chi connectivity index (χ3v) is 2.47. The van der Waals surface area contributed by atoms with Crippen molar-refractivity contribution in [2.75, 3.05) is 0 Å². The highest BCUT2D eigenvalue weighted by Crippen LogP contribution is 2.22. The maximum absolute atomic E-state index is 12.4. The molecule has 0 spiro atoms. The van der Waals surface area contributed by atoms with Crippen LogP contribution in [-0.2, 0) is 12.8 Å². The van der Waals surface area contributed by atoms with Gasteiger partial charge >= 0.3 is 6.18 Å². The first-order valence-corrected chi connectivity index (χ1v) is 5.08. The number of hydrogen-bond acceptors (Lipinski definition) is 2. The van der Waals surface area contributed by atoms with Gasteiger partial charge in [-0.05, 0) is 24.0 Å². The fourth-order valence-electron chi connectivity index (χ4n) is 1.42. The van der Waals surface area contributed by atoms with Crippen molar-refractivity contribution >= 4 is 0 Å². The normalized spacial score (nSPS) is 13.8. The zero-order valence-corrected chi connectivity index (χ0v) is 9.01. The molecular weight excluding hydrogens is 217 g/mol. The monoisotopic (exact) mass is 232 g/mol. The summed E-state index contributed by atoms with van der Waals surface area (Å²) in [5, 5.41) is 0. The Labute approximate surface area is 92.6 Å². The van der Waals surface area contributed by atoms with E-state index in [0.29, 0.717) is 5.56 Å². The lowest BCUT2D eigenvalue weighted by atomic mass is 10.0. The van der Waals surface area contributed by atoms with Gasteiger partial charge in [-0.25, -0.2) is 5.43 Å². The molecule has 5 heteroatoms. The Kier molecular flexibility index (Phi) is 4.32. The van der Waals surface area contributed by atoms with Crippen LogP contribution in [0.25, 0.3) is 0 Å². The standard InChI is InChI=1S/C11H15F3N2/c1-2-8-3-5-9(6-4-8)7-10(16-15)11(12,13)14/h3-6,10,16H,2,7,15H2,1H3. The molecule has 0 aliphatic heterocycles. The van der Waals surface area contributed by atoms with Gasteiger partial charge in [0.05, 0.1) is 0 Å². The highest BCUT2D eigenvalue weighted by Gasteiger charge is 2.38. The van der Waals surface area contributed by atoms with Crippen molar-refractivity contribution in [3.05, 3.63) is 35.4 Å². The Morgan fingerprint density at radius 1 is 1.19 bits per heavy atom. The molecule has 1 aromatic carbocycles. The summed E-state index contributed by atoms with van der Waals surface area (Å²) in [5.74, 6) is 4.89. The molecule has 1 unspecified atom stereocenters. The van der Waals surface area contributed by atoms with Crippen LogP contribution in [0, 0.1) is 0 Å². The van der Waals surface area contributed by atoms with Crippen molar-refractivity contribution in [2.45, 2.75) is 32.0 Å². The number of rotatable bonds is 4. The van der Waals surface area contributed by atoms with Crippen LogP contribution in [0.1, 0.15) is 18.1 Å². The summed E-state index contributed by atoms with van der Waals surface area (Å²) in [6.07, 6.45) is -3.60. The fraction of sp³-hybridized carbons (Fsp3) is 0.455. The van der Waals surface area contributed by atoms with E-state index in [-0.39, 0.29) is 6.42 Å². The van der Waals surface area contributed by atoms with Crippen LogP contribution < -0.4 is 11.3 Å². The molecule has 1 atom stereocenters. The first kappa shape index (κ1) is 13.0. The number of hydrazine groups is 1. The van der Waals surface area contributed by atoms with Gasteiger partial charge in [0.2, 0.25) is 0 Å². The smallest absolute Gasteiger partial charge is 0.271 e. The van der Waals surface area contributed by atoms with Crippen molar-refractivity contribution in [1.82, 2.24) is 5.43 Å². The molecule has 0 aromatic heterocycles. The van der Waals surface area contributed by atoms with Crippen LogP contribution in [0.4, 0.5) is 13.2 Å². The quantitative estimate of drug-likeness (QED) is 0.617. The van der Waals surface area contributed by atoms with Gasteiger partial charge in [-0.1, -0.05) is 31.2 Å². The van der Waals surface area contributed by atoms with Gasteiger partial charge in [0, 0.05) is 0 Å². The van der Waals surface area contributed by atoms with E-state index < -0.39 is 12.2 Å². The second-order valence-corrected chi connectivity index (χ2v) is 3.64. The molecule has 0 fully saturated rings. The second kappa shape index (κ2) is 5.32. The number of nitrogens with one attached hydrogen (secondary N) is 1. The Bertz CT molecular complexity index is 319. The van der Waals surface area contributed by atoms with Crippen LogP contribution in [-0.4, -0.2) is 12.2 Å². The van der Waals surface area contributed by atoms with E-state index >= 15 is 0 Å². The maximum Gasteiger partial charge on any atom is 0.405 e. The molecule has 0 radical (unpaired) electrons. The summed E-state index contributed by atoms with van der Waals surface area (Å²) in [6.45, 7) is 2.00. The van der Waals surface area contributed by atoms with Gasteiger partial charge < -0.3 is 0 Å². The van der Waals surface area contributed by atoms with Crippen LogP contribution in [0.3, 0.4) is 0 Å². The predicted octanol–water partition coefficient (Wildman–Crippen LogP) is 2.19. The molecule has 2 nitrogen and oxygen atoms in total.